The quantitative estimate of drug-likeness (QED) is 0.211. The molecule has 9 heteroatoms. The van der Waals surface area contributed by atoms with E-state index < -0.39 is 21.6 Å². The minimum Gasteiger partial charge on any atom is -0.399 e. The number of sulfonamides is 1. The average Bonchev–Trinajstić information content (AvgIpc) is 2.87. The highest BCUT2D eigenvalue weighted by Gasteiger charge is 2.33. The van der Waals surface area contributed by atoms with Crippen molar-refractivity contribution < 1.29 is 18.3 Å². The van der Waals surface area contributed by atoms with Crippen LogP contribution in [0.4, 0.5) is 5.69 Å². The van der Waals surface area contributed by atoms with E-state index in [4.69, 9.17) is 11.5 Å². The van der Waals surface area contributed by atoms with Crippen LogP contribution in [-0.2, 0) is 20.4 Å². The SMILES string of the molecule is CC(C)CN(C(CO)CCCNC(=O)C(C)(N)c1cccc2ccccc12)S(=O)(=O)c1ccc(N)cc1. The van der Waals surface area contributed by atoms with Gasteiger partial charge >= 0.3 is 0 Å². The van der Waals surface area contributed by atoms with Gasteiger partial charge in [-0.1, -0.05) is 56.3 Å². The summed E-state index contributed by atoms with van der Waals surface area (Å²) in [5, 5.41) is 14.9. The van der Waals surface area contributed by atoms with Crippen molar-refractivity contribution in [3.8, 4) is 0 Å². The topological polar surface area (TPSA) is 139 Å². The maximum Gasteiger partial charge on any atom is 0.244 e. The van der Waals surface area contributed by atoms with Gasteiger partial charge in [-0.3, -0.25) is 4.79 Å². The lowest BCUT2D eigenvalue weighted by molar-refractivity contribution is -0.126. The molecule has 0 bridgehead atoms. The van der Waals surface area contributed by atoms with E-state index in [1.807, 2.05) is 56.3 Å². The monoisotopic (exact) mass is 526 g/mol. The number of nitrogens with zero attached hydrogens (tertiary/aromatic N) is 1. The van der Waals surface area contributed by atoms with Gasteiger partial charge in [0.25, 0.3) is 0 Å². The van der Waals surface area contributed by atoms with Gasteiger partial charge in [-0.15, -0.1) is 0 Å². The van der Waals surface area contributed by atoms with Crippen molar-refractivity contribution in [1.29, 1.82) is 0 Å². The molecule has 3 aromatic carbocycles. The number of amides is 1. The smallest absolute Gasteiger partial charge is 0.244 e. The van der Waals surface area contributed by atoms with Crippen LogP contribution in [0, 0.1) is 5.92 Å². The molecule has 2 unspecified atom stereocenters. The second-order valence-electron chi connectivity index (χ2n) is 10.0. The summed E-state index contributed by atoms with van der Waals surface area (Å²) >= 11 is 0. The van der Waals surface area contributed by atoms with Crippen LogP contribution in [-0.4, -0.2) is 49.5 Å². The third-order valence-electron chi connectivity index (χ3n) is 6.47. The summed E-state index contributed by atoms with van der Waals surface area (Å²) < 4.78 is 28.2. The molecule has 200 valence electrons. The van der Waals surface area contributed by atoms with E-state index in [0.717, 1.165) is 16.3 Å². The number of hydrogen-bond acceptors (Lipinski definition) is 6. The van der Waals surface area contributed by atoms with Crippen molar-refractivity contribution in [2.75, 3.05) is 25.4 Å². The first kappa shape index (κ1) is 28.6. The minimum absolute atomic E-state index is 0.0518. The summed E-state index contributed by atoms with van der Waals surface area (Å²) in [7, 11) is -3.85. The van der Waals surface area contributed by atoms with Crippen LogP contribution < -0.4 is 16.8 Å². The van der Waals surface area contributed by atoms with Crippen molar-refractivity contribution in [3.05, 3.63) is 72.3 Å². The number of rotatable bonds is 12. The number of hydrogen-bond donors (Lipinski definition) is 4. The summed E-state index contributed by atoms with van der Waals surface area (Å²) in [4.78, 5) is 13.2. The van der Waals surface area contributed by atoms with E-state index in [1.165, 1.54) is 16.4 Å². The molecule has 3 rings (SSSR count). The number of aliphatic hydroxyl groups excluding tert-OH is 1. The van der Waals surface area contributed by atoms with E-state index in [2.05, 4.69) is 5.32 Å². The van der Waals surface area contributed by atoms with E-state index in [1.54, 1.807) is 19.1 Å². The molecule has 0 aliphatic carbocycles. The lowest BCUT2D eigenvalue weighted by atomic mass is 9.88. The molecule has 3 aromatic rings. The second kappa shape index (κ2) is 12.0. The average molecular weight is 527 g/mol. The summed E-state index contributed by atoms with van der Waals surface area (Å²) in [6, 6.07) is 18.9. The zero-order chi connectivity index (χ0) is 27.2. The Balaban J connectivity index is 1.68. The molecule has 6 N–H and O–H groups in total. The molecule has 0 fully saturated rings. The fraction of sp³-hybridized carbons (Fsp3) is 0.393. The highest BCUT2D eigenvalue weighted by atomic mass is 32.2. The van der Waals surface area contributed by atoms with Gasteiger partial charge in [0.05, 0.1) is 11.5 Å². The largest absolute Gasteiger partial charge is 0.399 e. The van der Waals surface area contributed by atoms with Crippen molar-refractivity contribution in [3.63, 3.8) is 0 Å². The van der Waals surface area contributed by atoms with Gasteiger partial charge < -0.3 is 21.9 Å². The molecule has 0 radical (unpaired) electrons. The van der Waals surface area contributed by atoms with Crippen LogP contribution in [0.2, 0.25) is 0 Å². The number of nitrogens with two attached hydrogens (primary N) is 2. The molecule has 37 heavy (non-hydrogen) atoms. The first-order valence-electron chi connectivity index (χ1n) is 12.5. The Labute approximate surface area is 219 Å². The molecule has 0 heterocycles. The summed E-state index contributed by atoms with van der Waals surface area (Å²) in [5.41, 5.74) is 12.2. The normalized spacial score (nSPS) is 14.6. The van der Waals surface area contributed by atoms with E-state index >= 15 is 0 Å². The Hall–Kier alpha value is -2.98. The number of fused-ring (bicyclic) bond motifs is 1. The number of carbonyl (C=O) groups excluding carboxylic acids is 1. The van der Waals surface area contributed by atoms with Crippen molar-refractivity contribution in [2.24, 2.45) is 11.7 Å². The number of anilines is 1. The highest BCUT2D eigenvalue weighted by molar-refractivity contribution is 7.89. The minimum atomic E-state index is -3.85. The van der Waals surface area contributed by atoms with Crippen LogP contribution in [0.15, 0.2) is 71.6 Å². The van der Waals surface area contributed by atoms with Gasteiger partial charge in [0.2, 0.25) is 15.9 Å². The number of nitrogen functional groups attached to an aromatic ring is 1. The van der Waals surface area contributed by atoms with Crippen molar-refractivity contribution >= 4 is 32.4 Å². The lowest BCUT2D eigenvalue weighted by Crippen LogP contribution is -2.49. The number of carbonyl (C=O) groups is 1. The molecule has 0 aliphatic heterocycles. The van der Waals surface area contributed by atoms with E-state index in [0.29, 0.717) is 25.1 Å². The van der Waals surface area contributed by atoms with Crippen molar-refractivity contribution in [1.82, 2.24) is 9.62 Å². The molecular weight excluding hydrogens is 488 g/mol. The van der Waals surface area contributed by atoms with Gasteiger partial charge in [-0.05, 0) is 66.3 Å². The Morgan fingerprint density at radius 2 is 1.70 bits per heavy atom. The Morgan fingerprint density at radius 1 is 1.05 bits per heavy atom. The van der Waals surface area contributed by atoms with Gasteiger partial charge in [0.1, 0.15) is 5.54 Å². The van der Waals surface area contributed by atoms with Gasteiger partial charge in [0, 0.05) is 24.8 Å². The van der Waals surface area contributed by atoms with Gasteiger partial charge in [0.15, 0.2) is 0 Å². The van der Waals surface area contributed by atoms with Crippen LogP contribution in [0.3, 0.4) is 0 Å². The lowest BCUT2D eigenvalue weighted by Gasteiger charge is -2.31. The summed E-state index contributed by atoms with van der Waals surface area (Å²) in [5.74, 6) is -0.270. The third-order valence-corrected chi connectivity index (χ3v) is 8.40. The maximum absolute atomic E-state index is 13.4. The first-order valence-corrected chi connectivity index (χ1v) is 14.0. The Morgan fingerprint density at radius 3 is 2.35 bits per heavy atom. The molecule has 0 spiro atoms. The molecule has 1 amide bonds. The van der Waals surface area contributed by atoms with E-state index in [-0.39, 0.29) is 29.9 Å². The van der Waals surface area contributed by atoms with Crippen LogP contribution in [0.25, 0.3) is 10.8 Å². The Kier molecular flexibility index (Phi) is 9.31. The van der Waals surface area contributed by atoms with Crippen molar-refractivity contribution in [2.45, 2.75) is 50.1 Å². The maximum atomic E-state index is 13.4. The van der Waals surface area contributed by atoms with Crippen LogP contribution in [0.1, 0.15) is 39.2 Å². The molecule has 0 saturated carbocycles. The molecule has 8 nitrogen and oxygen atoms in total. The van der Waals surface area contributed by atoms with Crippen LogP contribution in [0.5, 0.6) is 0 Å². The van der Waals surface area contributed by atoms with Gasteiger partial charge in [-0.2, -0.15) is 4.31 Å². The predicted molar refractivity (Wildman–Crippen MR) is 148 cm³/mol. The molecule has 0 aromatic heterocycles. The summed E-state index contributed by atoms with van der Waals surface area (Å²) in [6.07, 6.45) is 0.835. The zero-order valence-electron chi connectivity index (χ0n) is 21.7. The zero-order valence-corrected chi connectivity index (χ0v) is 22.5. The van der Waals surface area contributed by atoms with Gasteiger partial charge in [-0.25, -0.2) is 8.42 Å². The highest BCUT2D eigenvalue weighted by Crippen LogP contribution is 2.27. The fourth-order valence-electron chi connectivity index (χ4n) is 4.43. The molecule has 0 aliphatic rings. The Bertz CT molecular complexity index is 1300. The molecular formula is C28H38N4O4S. The number of aliphatic hydroxyl groups is 1. The first-order chi connectivity index (χ1) is 17.5. The molecule has 0 saturated heterocycles. The predicted octanol–water partition coefficient (Wildman–Crippen LogP) is 3.20. The molecule has 2 atom stereocenters. The number of benzene rings is 3. The number of nitrogens with one attached hydrogen (secondary N) is 1. The van der Waals surface area contributed by atoms with Crippen LogP contribution >= 0.6 is 0 Å². The third kappa shape index (κ3) is 6.67. The standard InChI is InChI=1S/C28H38N4O4S/c1-20(2)18-32(37(35,36)24-15-13-22(29)14-16-24)23(19-33)10-7-17-31-27(34)28(3,30)26-12-6-9-21-8-4-5-11-25(21)26/h4-6,8-9,11-16,20,23,33H,7,10,17-19,29-30H2,1-3H3,(H,31,34). The summed E-state index contributed by atoms with van der Waals surface area (Å²) in [6.45, 7) is 5.76. The van der Waals surface area contributed by atoms with E-state index in [9.17, 15) is 18.3 Å². The second-order valence-corrected chi connectivity index (χ2v) is 11.9. The fourth-order valence-corrected chi connectivity index (χ4v) is 6.24.